The Morgan fingerprint density at radius 3 is 2.83 bits per heavy atom. The highest BCUT2D eigenvalue weighted by Crippen LogP contribution is 2.33. The van der Waals surface area contributed by atoms with Gasteiger partial charge in [-0.3, -0.25) is 0 Å². The highest BCUT2D eigenvalue weighted by Gasteiger charge is 2.38. The maximum atomic E-state index is 9.73. The molecule has 0 aromatic carbocycles. The van der Waals surface area contributed by atoms with Crippen LogP contribution in [0.1, 0.15) is 26.2 Å². The van der Waals surface area contributed by atoms with Crippen LogP contribution in [0.2, 0.25) is 0 Å². The number of β-amino-alcohol motifs (C(OH)–C–C–N with tert-alkyl or cyclic N) is 1. The van der Waals surface area contributed by atoms with Crippen LogP contribution in [0.25, 0.3) is 0 Å². The molecule has 1 aliphatic heterocycles. The van der Waals surface area contributed by atoms with E-state index in [-0.39, 0.29) is 18.1 Å². The van der Waals surface area contributed by atoms with E-state index >= 15 is 0 Å². The summed E-state index contributed by atoms with van der Waals surface area (Å²) >= 11 is 0. The van der Waals surface area contributed by atoms with Gasteiger partial charge in [0.15, 0.2) is 0 Å². The fourth-order valence-corrected chi connectivity index (χ4v) is 2.01. The number of hydrogen-bond acceptors (Lipinski definition) is 3. The van der Waals surface area contributed by atoms with Gasteiger partial charge in [-0.2, -0.15) is 0 Å². The molecule has 1 heterocycles. The van der Waals surface area contributed by atoms with Gasteiger partial charge in [0.1, 0.15) is 0 Å². The van der Waals surface area contributed by atoms with E-state index in [1.165, 1.54) is 0 Å². The first-order valence-electron chi connectivity index (χ1n) is 4.75. The summed E-state index contributed by atoms with van der Waals surface area (Å²) in [6.45, 7) is 3.74. The summed E-state index contributed by atoms with van der Waals surface area (Å²) in [6.07, 6.45) is 2.46. The molecular weight excluding hydrogens is 154 g/mol. The van der Waals surface area contributed by atoms with Crippen LogP contribution in [-0.2, 0) is 0 Å². The molecule has 0 aromatic heterocycles. The van der Waals surface area contributed by atoms with Crippen LogP contribution >= 0.6 is 0 Å². The van der Waals surface area contributed by atoms with Crippen LogP contribution in [0, 0.1) is 5.41 Å². The lowest BCUT2D eigenvalue weighted by atomic mass is 9.74. The topological polar surface area (TPSA) is 52.5 Å². The molecule has 3 nitrogen and oxygen atoms in total. The van der Waals surface area contributed by atoms with Gasteiger partial charge >= 0.3 is 0 Å². The minimum absolute atomic E-state index is 0.115. The molecule has 2 atom stereocenters. The summed E-state index contributed by atoms with van der Waals surface area (Å²) in [7, 11) is 0. The Kier molecular flexibility index (Phi) is 3.50. The number of aliphatic hydroxyl groups excluding tert-OH is 2. The number of aliphatic hydroxyl groups is 2. The molecule has 0 aliphatic carbocycles. The van der Waals surface area contributed by atoms with E-state index in [2.05, 4.69) is 12.2 Å². The highest BCUT2D eigenvalue weighted by molar-refractivity contribution is 4.90. The molecule has 1 saturated heterocycles. The molecule has 3 heteroatoms. The predicted molar refractivity (Wildman–Crippen MR) is 47.9 cm³/mol. The minimum Gasteiger partial charge on any atom is -0.396 e. The van der Waals surface area contributed by atoms with Crippen molar-refractivity contribution < 1.29 is 10.2 Å². The zero-order valence-corrected chi connectivity index (χ0v) is 7.71. The van der Waals surface area contributed by atoms with Gasteiger partial charge in [-0.05, 0) is 19.4 Å². The first-order chi connectivity index (χ1) is 5.75. The van der Waals surface area contributed by atoms with Crippen molar-refractivity contribution >= 4 is 0 Å². The second-order valence-electron chi connectivity index (χ2n) is 3.74. The molecule has 72 valence electrons. The third-order valence-electron chi connectivity index (χ3n) is 2.91. The maximum absolute atomic E-state index is 9.73. The lowest BCUT2D eigenvalue weighted by molar-refractivity contribution is -0.0442. The van der Waals surface area contributed by atoms with E-state index in [9.17, 15) is 10.2 Å². The molecule has 1 rings (SSSR count). The molecule has 0 radical (unpaired) electrons. The monoisotopic (exact) mass is 173 g/mol. The summed E-state index contributed by atoms with van der Waals surface area (Å²) in [5, 5.41) is 22.1. The maximum Gasteiger partial charge on any atom is 0.0743 e. The van der Waals surface area contributed by atoms with Crippen LogP contribution < -0.4 is 5.32 Å². The quantitative estimate of drug-likeness (QED) is 0.568. The predicted octanol–water partition coefficient (Wildman–Crippen LogP) is 0.119. The average molecular weight is 173 g/mol. The second kappa shape index (κ2) is 4.21. The fourth-order valence-electron chi connectivity index (χ4n) is 2.01. The molecule has 1 aliphatic rings. The molecule has 3 N–H and O–H groups in total. The Morgan fingerprint density at radius 1 is 1.58 bits per heavy atom. The Bertz CT molecular complexity index is 136. The fraction of sp³-hybridized carbons (Fsp3) is 1.00. The highest BCUT2D eigenvalue weighted by atomic mass is 16.3. The molecule has 0 aromatic rings. The summed E-state index contributed by atoms with van der Waals surface area (Å²) in [5.41, 5.74) is -0.222. The van der Waals surface area contributed by atoms with E-state index in [1.54, 1.807) is 0 Å². The van der Waals surface area contributed by atoms with Crippen molar-refractivity contribution in [3.8, 4) is 0 Å². The SMILES string of the molecule is CCC[C@]1(CO)CCNC[C@@H]1O. The van der Waals surface area contributed by atoms with Gasteiger partial charge in [-0.1, -0.05) is 13.3 Å². The summed E-state index contributed by atoms with van der Waals surface area (Å²) < 4.78 is 0. The normalized spacial score (nSPS) is 36.8. The number of hydrogen-bond donors (Lipinski definition) is 3. The van der Waals surface area contributed by atoms with Gasteiger partial charge in [0.25, 0.3) is 0 Å². The Balaban J connectivity index is 2.60. The van der Waals surface area contributed by atoms with Gasteiger partial charge < -0.3 is 15.5 Å². The van der Waals surface area contributed by atoms with Crippen LogP contribution in [0.15, 0.2) is 0 Å². The molecule has 0 bridgehead atoms. The summed E-state index contributed by atoms with van der Waals surface area (Å²) in [4.78, 5) is 0. The molecule has 12 heavy (non-hydrogen) atoms. The first kappa shape index (κ1) is 9.96. The Labute approximate surface area is 73.8 Å². The van der Waals surface area contributed by atoms with Crippen LogP contribution in [-0.4, -0.2) is 36.0 Å². The largest absolute Gasteiger partial charge is 0.396 e. The number of piperidine rings is 1. The molecule has 0 spiro atoms. The average Bonchev–Trinajstić information content (AvgIpc) is 2.10. The van der Waals surface area contributed by atoms with Crippen molar-refractivity contribution in [3.63, 3.8) is 0 Å². The van der Waals surface area contributed by atoms with Gasteiger partial charge in [0, 0.05) is 12.0 Å². The zero-order valence-electron chi connectivity index (χ0n) is 7.71. The minimum atomic E-state index is -0.379. The first-order valence-corrected chi connectivity index (χ1v) is 4.75. The van der Waals surface area contributed by atoms with Crippen LogP contribution in [0.5, 0.6) is 0 Å². The molecular formula is C9H19NO2. The van der Waals surface area contributed by atoms with Crippen molar-refractivity contribution in [1.29, 1.82) is 0 Å². The molecule has 0 amide bonds. The zero-order chi connectivity index (χ0) is 9.03. The van der Waals surface area contributed by atoms with E-state index < -0.39 is 0 Å². The standard InChI is InChI=1S/C9H19NO2/c1-2-3-9(7-11)4-5-10-6-8(9)12/h8,10-12H,2-7H2,1H3/t8-,9+/m0/s1. The number of nitrogens with one attached hydrogen (secondary N) is 1. The lowest BCUT2D eigenvalue weighted by Crippen LogP contribution is -2.50. The third-order valence-corrected chi connectivity index (χ3v) is 2.91. The van der Waals surface area contributed by atoms with E-state index in [1.807, 2.05) is 0 Å². The Morgan fingerprint density at radius 2 is 2.33 bits per heavy atom. The van der Waals surface area contributed by atoms with Crippen molar-refractivity contribution in [2.45, 2.75) is 32.3 Å². The molecule has 1 fully saturated rings. The van der Waals surface area contributed by atoms with E-state index in [0.29, 0.717) is 6.54 Å². The van der Waals surface area contributed by atoms with Crippen molar-refractivity contribution in [2.75, 3.05) is 19.7 Å². The lowest BCUT2D eigenvalue weighted by Gasteiger charge is -2.40. The van der Waals surface area contributed by atoms with Gasteiger partial charge in [0.2, 0.25) is 0 Å². The number of rotatable bonds is 3. The van der Waals surface area contributed by atoms with E-state index in [4.69, 9.17) is 0 Å². The summed E-state index contributed by atoms with van der Waals surface area (Å²) in [6, 6.07) is 0. The molecule has 0 saturated carbocycles. The van der Waals surface area contributed by atoms with Gasteiger partial charge in [-0.15, -0.1) is 0 Å². The van der Waals surface area contributed by atoms with Crippen LogP contribution in [0.4, 0.5) is 0 Å². The van der Waals surface area contributed by atoms with Crippen molar-refractivity contribution in [3.05, 3.63) is 0 Å². The third kappa shape index (κ3) is 1.79. The van der Waals surface area contributed by atoms with Crippen molar-refractivity contribution in [2.24, 2.45) is 5.41 Å². The second-order valence-corrected chi connectivity index (χ2v) is 3.74. The Hall–Kier alpha value is -0.120. The molecule has 0 unspecified atom stereocenters. The summed E-state index contributed by atoms with van der Waals surface area (Å²) in [5.74, 6) is 0. The smallest absolute Gasteiger partial charge is 0.0743 e. The van der Waals surface area contributed by atoms with Crippen LogP contribution in [0.3, 0.4) is 0 Å². The van der Waals surface area contributed by atoms with Gasteiger partial charge in [-0.25, -0.2) is 0 Å². The van der Waals surface area contributed by atoms with E-state index in [0.717, 1.165) is 25.8 Å². The van der Waals surface area contributed by atoms with Crippen molar-refractivity contribution in [1.82, 2.24) is 5.32 Å². The van der Waals surface area contributed by atoms with Gasteiger partial charge in [0.05, 0.1) is 12.7 Å².